The van der Waals surface area contributed by atoms with Crippen molar-refractivity contribution in [1.82, 2.24) is 0 Å². The maximum absolute atomic E-state index is 13.5. The largest absolute Gasteiger partial charge is 0.506 e. The molecule has 0 N–H and O–H groups in total. The second kappa shape index (κ2) is 7.39. The fraction of sp³-hybridized carbons (Fsp3) is 0.0800. The van der Waals surface area contributed by atoms with Crippen molar-refractivity contribution in [3.05, 3.63) is 102 Å². The normalized spacial score (nSPS) is 18.3. The number of anilines is 1. The Morgan fingerprint density at radius 1 is 0.900 bits per heavy atom. The highest BCUT2D eigenvalue weighted by molar-refractivity contribution is 6.31. The van der Waals surface area contributed by atoms with Crippen LogP contribution in [0.2, 0.25) is 5.02 Å². The molecule has 146 valence electrons. The summed E-state index contributed by atoms with van der Waals surface area (Å²) in [6, 6.07) is 20.6. The van der Waals surface area contributed by atoms with Crippen LogP contribution in [0.15, 0.2) is 91.0 Å². The van der Waals surface area contributed by atoms with Crippen molar-refractivity contribution in [1.29, 1.82) is 0 Å². The quantitative estimate of drug-likeness (QED) is 0.542. The Bertz CT molecular complexity index is 1270. The Labute approximate surface area is 179 Å². The molecule has 0 saturated heterocycles. The molecule has 30 heavy (non-hydrogen) atoms. The van der Waals surface area contributed by atoms with Gasteiger partial charge in [0.15, 0.2) is 0 Å². The molecule has 1 aliphatic heterocycles. The maximum Gasteiger partial charge on any atom is 0.506 e. The third kappa shape index (κ3) is 3.06. The third-order valence-electron chi connectivity index (χ3n) is 5.51. The molecule has 3 aromatic rings. The lowest BCUT2D eigenvalue weighted by Crippen LogP contribution is -2.54. The predicted molar refractivity (Wildman–Crippen MR) is 119 cm³/mol. The number of hydrogen-bond donors (Lipinski definition) is 0. The first-order chi connectivity index (χ1) is 14.6. The van der Waals surface area contributed by atoms with Crippen LogP contribution in [0, 0.1) is 5.92 Å². The van der Waals surface area contributed by atoms with Gasteiger partial charge >= 0.3 is 11.9 Å². The Morgan fingerprint density at radius 3 is 2.50 bits per heavy atom. The SMILES string of the molecule is O=C1C2C=CC=CC2=[N+](Cc2cccc3ccccc23)C(=O)N1c1ccc(Cl)cc1. The van der Waals surface area contributed by atoms with Gasteiger partial charge in [0.05, 0.1) is 0 Å². The molecule has 5 rings (SSSR count). The van der Waals surface area contributed by atoms with E-state index in [1.165, 1.54) is 4.90 Å². The van der Waals surface area contributed by atoms with E-state index in [1.807, 2.05) is 48.6 Å². The van der Waals surface area contributed by atoms with E-state index < -0.39 is 5.92 Å². The van der Waals surface area contributed by atoms with Gasteiger partial charge in [0, 0.05) is 10.6 Å². The number of amides is 3. The van der Waals surface area contributed by atoms with Gasteiger partial charge in [0.1, 0.15) is 23.9 Å². The van der Waals surface area contributed by atoms with Crippen LogP contribution in [0.4, 0.5) is 10.5 Å². The molecule has 0 radical (unpaired) electrons. The zero-order chi connectivity index (χ0) is 20.7. The van der Waals surface area contributed by atoms with Gasteiger partial charge in [-0.1, -0.05) is 72.3 Å². The van der Waals surface area contributed by atoms with Crippen LogP contribution in [0.1, 0.15) is 5.56 Å². The minimum atomic E-state index is -0.502. The zero-order valence-corrected chi connectivity index (χ0v) is 16.8. The molecule has 0 saturated carbocycles. The fourth-order valence-electron chi connectivity index (χ4n) is 4.05. The molecule has 1 heterocycles. The first-order valence-corrected chi connectivity index (χ1v) is 10.1. The topological polar surface area (TPSA) is 40.4 Å². The van der Waals surface area contributed by atoms with Crippen molar-refractivity contribution < 1.29 is 14.2 Å². The first-order valence-electron chi connectivity index (χ1n) is 9.73. The van der Waals surface area contributed by atoms with Crippen LogP contribution < -0.4 is 4.90 Å². The second-order valence-electron chi connectivity index (χ2n) is 7.30. The number of nitrogens with zero attached hydrogens (tertiary/aromatic N) is 2. The van der Waals surface area contributed by atoms with Gasteiger partial charge in [-0.15, -0.1) is 4.90 Å². The molecule has 1 unspecified atom stereocenters. The molecule has 1 aliphatic carbocycles. The number of halogens is 1. The van der Waals surface area contributed by atoms with Crippen molar-refractivity contribution in [2.75, 3.05) is 4.90 Å². The van der Waals surface area contributed by atoms with Crippen LogP contribution in [0.25, 0.3) is 10.8 Å². The number of carbonyl (C=O) groups is 2. The molecule has 1 atom stereocenters. The molecule has 0 aromatic heterocycles. The highest BCUT2D eigenvalue weighted by atomic mass is 35.5. The van der Waals surface area contributed by atoms with E-state index in [9.17, 15) is 9.59 Å². The minimum Gasteiger partial charge on any atom is -0.245 e. The lowest BCUT2D eigenvalue weighted by atomic mass is 9.93. The molecule has 3 aromatic carbocycles. The first kappa shape index (κ1) is 18.5. The van der Waals surface area contributed by atoms with E-state index in [0.29, 0.717) is 23.0 Å². The van der Waals surface area contributed by atoms with Crippen LogP contribution in [0.3, 0.4) is 0 Å². The molecule has 3 amide bonds. The Balaban J connectivity index is 1.64. The van der Waals surface area contributed by atoms with Gasteiger partial charge in [-0.05, 0) is 41.1 Å². The summed E-state index contributed by atoms with van der Waals surface area (Å²) in [6.45, 7) is 0.377. The average Bonchev–Trinajstić information content (AvgIpc) is 2.78. The molecule has 4 nitrogen and oxygen atoms in total. The number of allylic oxidation sites excluding steroid dienone is 3. The molecular weight excluding hydrogens is 396 g/mol. The smallest absolute Gasteiger partial charge is 0.245 e. The van der Waals surface area contributed by atoms with Gasteiger partial charge in [0.2, 0.25) is 0 Å². The summed E-state index contributed by atoms with van der Waals surface area (Å²) in [7, 11) is 0. The highest BCUT2D eigenvalue weighted by Gasteiger charge is 2.47. The summed E-state index contributed by atoms with van der Waals surface area (Å²) < 4.78 is 1.70. The number of hydrogen-bond acceptors (Lipinski definition) is 2. The Kier molecular flexibility index (Phi) is 4.57. The molecule has 0 fully saturated rings. The zero-order valence-electron chi connectivity index (χ0n) is 16.0. The number of imide groups is 1. The minimum absolute atomic E-state index is 0.257. The van der Waals surface area contributed by atoms with Crippen LogP contribution in [-0.4, -0.2) is 22.2 Å². The van der Waals surface area contributed by atoms with Crippen molar-refractivity contribution in [3.63, 3.8) is 0 Å². The lowest BCUT2D eigenvalue weighted by Gasteiger charge is -2.26. The maximum atomic E-state index is 13.5. The van der Waals surface area contributed by atoms with E-state index in [0.717, 1.165) is 16.3 Å². The van der Waals surface area contributed by atoms with Crippen LogP contribution >= 0.6 is 11.6 Å². The van der Waals surface area contributed by atoms with Gasteiger partial charge in [0.25, 0.3) is 0 Å². The van der Waals surface area contributed by atoms with Crippen LogP contribution in [0.5, 0.6) is 0 Å². The van der Waals surface area contributed by atoms with Crippen LogP contribution in [-0.2, 0) is 11.3 Å². The monoisotopic (exact) mass is 413 g/mol. The Hall–Kier alpha value is -3.50. The third-order valence-corrected chi connectivity index (χ3v) is 5.77. The summed E-state index contributed by atoms with van der Waals surface area (Å²) in [6.07, 6.45) is 7.40. The van der Waals surface area contributed by atoms with E-state index in [1.54, 1.807) is 28.8 Å². The van der Waals surface area contributed by atoms with E-state index in [2.05, 4.69) is 18.2 Å². The predicted octanol–water partition coefficient (Wildman–Crippen LogP) is 5.36. The van der Waals surface area contributed by atoms with Gasteiger partial charge in [-0.25, -0.2) is 4.79 Å². The summed E-state index contributed by atoms with van der Waals surface area (Å²) in [4.78, 5) is 28.0. The summed E-state index contributed by atoms with van der Waals surface area (Å²) >= 11 is 6.00. The van der Waals surface area contributed by atoms with Gasteiger partial charge in [-0.2, -0.15) is 9.37 Å². The number of benzene rings is 3. The summed E-state index contributed by atoms with van der Waals surface area (Å²) in [5.41, 5.74) is 2.24. The fourth-order valence-corrected chi connectivity index (χ4v) is 4.18. The van der Waals surface area contributed by atoms with Crippen molar-refractivity contribution in [2.24, 2.45) is 5.92 Å². The number of fused-ring (bicyclic) bond motifs is 2. The van der Waals surface area contributed by atoms with Gasteiger partial charge in [-0.3, -0.25) is 0 Å². The summed E-state index contributed by atoms with van der Waals surface area (Å²) in [5.74, 6) is -0.759. The lowest BCUT2D eigenvalue weighted by molar-refractivity contribution is -0.445. The standard InChI is InChI=1S/C25H18ClN2O2/c26-19-12-14-20(15-13-19)28-24(29)22-10-3-4-11-23(22)27(25(28)30)16-18-8-5-7-17-6-1-2-9-21(17)18/h1-15,22H,16H2/q+1. The van der Waals surface area contributed by atoms with Crippen molar-refractivity contribution in [2.45, 2.75) is 6.54 Å². The van der Waals surface area contributed by atoms with Gasteiger partial charge < -0.3 is 0 Å². The average molecular weight is 414 g/mol. The second-order valence-corrected chi connectivity index (χ2v) is 7.74. The molecule has 0 bridgehead atoms. The van der Waals surface area contributed by atoms with E-state index in [-0.39, 0.29) is 11.9 Å². The Morgan fingerprint density at radius 2 is 1.67 bits per heavy atom. The van der Waals surface area contributed by atoms with E-state index in [4.69, 9.17) is 11.6 Å². The molecule has 2 aliphatic rings. The summed E-state index contributed by atoms with van der Waals surface area (Å²) in [5, 5.41) is 2.76. The number of carbonyl (C=O) groups excluding carboxylic acids is 2. The number of urea groups is 1. The van der Waals surface area contributed by atoms with Crippen molar-refractivity contribution >= 4 is 45.7 Å². The number of rotatable bonds is 3. The highest BCUT2D eigenvalue weighted by Crippen LogP contribution is 2.28. The molecular formula is C25H18ClN2O2+. The molecule has 0 spiro atoms. The van der Waals surface area contributed by atoms with Crippen molar-refractivity contribution in [3.8, 4) is 0 Å². The van der Waals surface area contributed by atoms with E-state index >= 15 is 0 Å². The molecule has 5 heteroatoms.